The van der Waals surface area contributed by atoms with Crippen LogP contribution < -0.4 is 11.1 Å². The van der Waals surface area contributed by atoms with E-state index < -0.39 is 6.04 Å². The van der Waals surface area contributed by atoms with E-state index in [9.17, 15) is 9.59 Å². The quantitative estimate of drug-likeness (QED) is 0.825. The Hall–Kier alpha value is -1.83. The lowest BCUT2D eigenvalue weighted by Gasteiger charge is -2.17. The molecular weight excluding hydrogens is 320 g/mol. The summed E-state index contributed by atoms with van der Waals surface area (Å²) in [4.78, 5) is 25.6. The summed E-state index contributed by atoms with van der Waals surface area (Å²) in [7, 11) is 1.34. The van der Waals surface area contributed by atoms with Gasteiger partial charge < -0.3 is 15.8 Å². The first kappa shape index (κ1) is 15.1. The summed E-state index contributed by atoms with van der Waals surface area (Å²) in [6.07, 6.45) is 0. The van der Waals surface area contributed by atoms with E-state index in [1.165, 1.54) is 30.2 Å². The number of esters is 1. The van der Waals surface area contributed by atoms with Crippen molar-refractivity contribution in [3.8, 4) is 0 Å². The van der Waals surface area contributed by atoms with Gasteiger partial charge in [0, 0.05) is 15.2 Å². The lowest BCUT2D eigenvalue weighted by Crippen LogP contribution is -2.38. The van der Waals surface area contributed by atoms with Crippen molar-refractivity contribution < 1.29 is 14.3 Å². The Bertz CT molecular complexity index is 729. The van der Waals surface area contributed by atoms with Crippen molar-refractivity contribution in [1.29, 1.82) is 0 Å². The van der Waals surface area contributed by atoms with Crippen LogP contribution >= 0.6 is 23.1 Å². The molecule has 1 aliphatic rings. The first-order valence-corrected chi connectivity index (χ1v) is 8.35. The second kappa shape index (κ2) is 6.12. The summed E-state index contributed by atoms with van der Waals surface area (Å²) in [6, 6.07) is 8.63. The van der Waals surface area contributed by atoms with Crippen LogP contribution in [0.3, 0.4) is 0 Å². The van der Waals surface area contributed by atoms with E-state index in [-0.39, 0.29) is 17.1 Å². The number of nitrogens with one attached hydrogen (secondary N) is 1. The molecule has 2 aromatic rings. The average molecular weight is 334 g/mol. The monoisotopic (exact) mass is 334 g/mol. The van der Waals surface area contributed by atoms with E-state index in [0.717, 1.165) is 15.5 Å². The van der Waals surface area contributed by atoms with Crippen molar-refractivity contribution in [3.63, 3.8) is 0 Å². The number of thioether (sulfide) groups is 1. The SMILES string of the molecule is COC(=O)c1csc(C2Sc3ccccc3NC(=O)C2N)c1. The lowest BCUT2D eigenvalue weighted by molar-refractivity contribution is -0.117. The van der Waals surface area contributed by atoms with Gasteiger partial charge in [-0.05, 0) is 18.2 Å². The van der Waals surface area contributed by atoms with Gasteiger partial charge in [0.25, 0.3) is 0 Å². The van der Waals surface area contributed by atoms with Gasteiger partial charge in [0.1, 0.15) is 6.04 Å². The number of benzene rings is 1. The van der Waals surface area contributed by atoms with Gasteiger partial charge in [-0.15, -0.1) is 23.1 Å². The molecular formula is C15H14N2O3S2. The van der Waals surface area contributed by atoms with Gasteiger partial charge in [0.05, 0.1) is 23.6 Å². The Morgan fingerprint density at radius 1 is 1.36 bits per heavy atom. The predicted molar refractivity (Wildman–Crippen MR) is 87.3 cm³/mol. The molecule has 3 rings (SSSR count). The van der Waals surface area contributed by atoms with Crippen LogP contribution in [0.1, 0.15) is 20.5 Å². The second-order valence-electron chi connectivity index (χ2n) is 4.78. The maximum atomic E-state index is 12.2. The number of nitrogens with two attached hydrogens (primary N) is 1. The Morgan fingerprint density at radius 2 is 2.14 bits per heavy atom. The van der Waals surface area contributed by atoms with E-state index in [0.29, 0.717) is 5.56 Å². The van der Waals surface area contributed by atoms with Crippen LogP contribution in [0.15, 0.2) is 40.6 Å². The highest BCUT2D eigenvalue weighted by molar-refractivity contribution is 8.00. The fraction of sp³-hybridized carbons (Fsp3) is 0.200. The molecule has 2 unspecified atom stereocenters. The average Bonchev–Trinajstić information content (AvgIpc) is 2.97. The zero-order valence-corrected chi connectivity index (χ0v) is 13.4. The van der Waals surface area contributed by atoms with E-state index in [4.69, 9.17) is 10.5 Å². The number of methoxy groups -OCH3 is 1. The molecule has 3 N–H and O–H groups in total. The second-order valence-corrected chi connectivity index (χ2v) is 6.91. The van der Waals surface area contributed by atoms with Crippen LogP contribution in [0.2, 0.25) is 0 Å². The number of hydrogen-bond donors (Lipinski definition) is 2. The lowest BCUT2D eigenvalue weighted by atomic mass is 10.1. The minimum absolute atomic E-state index is 0.226. The standard InChI is InChI=1S/C15H14N2O3S2/c1-20-15(19)8-6-11(21-7-8)13-12(16)14(18)17-9-4-2-3-5-10(9)22-13/h2-7,12-13H,16H2,1H3,(H,17,18). The summed E-state index contributed by atoms with van der Waals surface area (Å²) >= 11 is 2.93. The summed E-state index contributed by atoms with van der Waals surface area (Å²) < 4.78 is 4.72. The molecule has 1 aromatic heterocycles. The summed E-state index contributed by atoms with van der Waals surface area (Å²) in [5.74, 6) is -0.616. The molecule has 0 aliphatic carbocycles. The van der Waals surface area contributed by atoms with Crippen molar-refractivity contribution in [3.05, 3.63) is 46.2 Å². The summed E-state index contributed by atoms with van der Waals surface area (Å²) in [5, 5.41) is 4.32. The van der Waals surface area contributed by atoms with E-state index in [1.807, 2.05) is 24.3 Å². The molecule has 1 aliphatic heterocycles. The van der Waals surface area contributed by atoms with Gasteiger partial charge in [0.2, 0.25) is 5.91 Å². The molecule has 0 spiro atoms. The smallest absolute Gasteiger partial charge is 0.338 e. The zero-order chi connectivity index (χ0) is 15.7. The van der Waals surface area contributed by atoms with Gasteiger partial charge in [-0.1, -0.05) is 12.1 Å². The Balaban J connectivity index is 1.96. The molecule has 0 saturated heterocycles. The van der Waals surface area contributed by atoms with E-state index in [1.54, 1.807) is 11.4 Å². The number of para-hydroxylation sites is 1. The third-order valence-electron chi connectivity index (χ3n) is 3.35. The van der Waals surface area contributed by atoms with E-state index >= 15 is 0 Å². The number of thiophene rings is 1. The topological polar surface area (TPSA) is 81.4 Å². The number of carbonyl (C=O) groups is 2. The molecule has 0 radical (unpaired) electrons. The zero-order valence-electron chi connectivity index (χ0n) is 11.7. The largest absolute Gasteiger partial charge is 0.465 e. The Morgan fingerprint density at radius 3 is 2.91 bits per heavy atom. The highest BCUT2D eigenvalue weighted by Gasteiger charge is 2.32. The van der Waals surface area contributed by atoms with E-state index in [2.05, 4.69) is 5.32 Å². The first-order valence-electron chi connectivity index (χ1n) is 6.59. The van der Waals surface area contributed by atoms with Crippen LogP contribution in [-0.4, -0.2) is 25.0 Å². The predicted octanol–water partition coefficient (Wildman–Crippen LogP) is 2.65. The molecule has 1 amide bonds. The molecule has 2 heterocycles. The minimum atomic E-state index is -0.693. The highest BCUT2D eigenvalue weighted by Crippen LogP contribution is 2.44. The summed E-state index contributed by atoms with van der Waals surface area (Å²) in [6.45, 7) is 0. The number of hydrogen-bond acceptors (Lipinski definition) is 6. The number of anilines is 1. The first-order chi connectivity index (χ1) is 10.6. The van der Waals surface area contributed by atoms with Gasteiger partial charge in [-0.3, -0.25) is 4.79 Å². The normalized spacial score (nSPS) is 20.7. The van der Waals surface area contributed by atoms with Crippen molar-refractivity contribution in [1.82, 2.24) is 0 Å². The van der Waals surface area contributed by atoms with Gasteiger partial charge in [-0.2, -0.15) is 0 Å². The van der Waals surface area contributed by atoms with Crippen molar-refractivity contribution in [2.75, 3.05) is 12.4 Å². The number of amides is 1. The Labute approximate surface area is 135 Å². The van der Waals surface area contributed by atoms with Gasteiger partial charge in [-0.25, -0.2) is 4.79 Å². The molecule has 1 aromatic carbocycles. The molecule has 5 nitrogen and oxygen atoms in total. The van der Waals surface area contributed by atoms with Crippen molar-refractivity contribution in [2.45, 2.75) is 16.2 Å². The fourth-order valence-electron chi connectivity index (χ4n) is 2.20. The molecule has 114 valence electrons. The fourth-order valence-corrected chi connectivity index (χ4v) is 4.54. The van der Waals surface area contributed by atoms with Gasteiger partial charge >= 0.3 is 5.97 Å². The van der Waals surface area contributed by atoms with Crippen LogP contribution in [0.5, 0.6) is 0 Å². The number of fused-ring (bicyclic) bond motifs is 1. The van der Waals surface area contributed by atoms with Crippen molar-refractivity contribution >= 4 is 40.7 Å². The maximum Gasteiger partial charge on any atom is 0.338 e. The maximum absolute atomic E-state index is 12.2. The molecule has 22 heavy (non-hydrogen) atoms. The minimum Gasteiger partial charge on any atom is -0.465 e. The van der Waals surface area contributed by atoms with Crippen LogP contribution in [-0.2, 0) is 9.53 Å². The molecule has 0 fully saturated rings. The molecule has 2 atom stereocenters. The summed E-state index contributed by atoms with van der Waals surface area (Å²) in [5.41, 5.74) is 7.35. The highest BCUT2D eigenvalue weighted by atomic mass is 32.2. The van der Waals surface area contributed by atoms with Crippen LogP contribution in [0.25, 0.3) is 0 Å². The molecule has 0 bridgehead atoms. The third kappa shape index (κ3) is 2.75. The molecule has 0 saturated carbocycles. The number of carbonyl (C=O) groups excluding carboxylic acids is 2. The molecule has 7 heteroatoms. The van der Waals surface area contributed by atoms with Gasteiger partial charge in [0.15, 0.2) is 0 Å². The van der Waals surface area contributed by atoms with Crippen LogP contribution in [0, 0.1) is 0 Å². The van der Waals surface area contributed by atoms with Crippen LogP contribution in [0.4, 0.5) is 5.69 Å². The Kier molecular flexibility index (Phi) is 4.19. The number of rotatable bonds is 2. The van der Waals surface area contributed by atoms with Crippen molar-refractivity contribution in [2.24, 2.45) is 5.73 Å². The number of ether oxygens (including phenoxy) is 1. The third-order valence-corrected chi connectivity index (χ3v) is 5.92.